The van der Waals surface area contributed by atoms with E-state index in [2.05, 4.69) is 21.5 Å². The number of hydrogen-bond acceptors (Lipinski definition) is 9. The Morgan fingerprint density at radius 3 is 1.67 bits per heavy atom. The third-order valence-electron chi connectivity index (χ3n) is 7.01. The van der Waals surface area contributed by atoms with Crippen LogP contribution in [0.2, 0.25) is 0 Å². The van der Waals surface area contributed by atoms with Crippen molar-refractivity contribution >= 4 is 20.3 Å². The van der Waals surface area contributed by atoms with Crippen molar-refractivity contribution in [1.82, 2.24) is 5.32 Å². The molecule has 0 aliphatic carbocycles. The molecule has 0 aromatic carbocycles. The zero-order valence-corrected chi connectivity index (χ0v) is 32.1. The average Bonchev–Trinajstić information content (AvgIpc) is 2.92. The van der Waals surface area contributed by atoms with Gasteiger partial charge in [0.1, 0.15) is 6.10 Å². The second-order valence-electron chi connectivity index (χ2n) is 10.8. The third-order valence-corrected chi connectivity index (χ3v) is 7.47. The number of hydrogen-bond donors (Lipinski definition) is 1. The van der Waals surface area contributed by atoms with Crippen molar-refractivity contribution in [2.75, 3.05) is 26.3 Å². The van der Waals surface area contributed by atoms with Crippen molar-refractivity contribution in [2.24, 2.45) is 0 Å². The maximum absolute atomic E-state index is 12.2. The zero-order chi connectivity index (χ0) is 29.6. The minimum Gasteiger partial charge on any atom is -0.790 e. The Kier molecular flexibility index (Phi) is 41.2. The molecule has 1 N–H and O–H groups in total. The zero-order valence-electron chi connectivity index (χ0n) is 27.3. The second kappa shape index (κ2) is 36.5. The summed E-state index contributed by atoms with van der Waals surface area (Å²) in [6, 6.07) is 0. The van der Waals surface area contributed by atoms with Gasteiger partial charge < -0.3 is 33.7 Å². The summed E-state index contributed by atoms with van der Waals surface area (Å²) in [5.74, 6) is -0.381. The Morgan fingerprint density at radius 2 is 1.19 bits per heavy atom. The maximum atomic E-state index is 12.2. The first-order chi connectivity index (χ1) is 19.4. The first-order valence-electron chi connectivity index (χ1n) is 16.0. The first-order valence-corrected chi connectivity index (χ1v) is 17.5. The van der Waals surface area contributed by atoms with Crippen LogP contribution in [0.3, 0.4) is 0 Å². The summed E-state index contributed by atoms with van der Waals surface area (Å²) in [5.41, 5.74) is 0. The third kappa shape index (κ3) is 39.0. The van der Waals surface area contributed by atoms with Crippen LogP contribution in [0.5, 0.6) is 0 Å². The van der Waals surface area contributed by atoms with Crippen molar-refractivity contribution in [3.63, 3.8) is 0 Å². The molecule has 42 heavy (non-hydrogen) atoms. The van der Waals surface area contributed by atoms with E-state index in [1.54, 1.807) is 0 Å². The van der Waals surface area contributed by atoms with Crippen LogP contribution in [-0.2, 0) is 28.2 Å². The van der Waals surface area contributed by atoms with Gasteiger partial charge in [-0.25, -0.2) is 0 Å². The van der Waals surface area contributed by atoms with Gasteiger partial charge in [0.15, 0.2) is 0 Å². The van der Waals surface area contributed by atoms with Gasteiger partial charge in [-0.3, -0.25) is 9.59 Å². The molecule has 9 nitrogen and oxygen atoms in total. The fourth-order valence-electron chi connectivity index (χ4n) is 4.65. The van der Waals surface area contributed by atoms with E-state index >= 15 is 0 Å². The summed E-state index contributed by atoms with van der Waals surface area (Å²) in [6.45, 7) is 3.79. The number of phosphoric ester groups is 1. The predicted octanol–water partition coefficient (Wildman–Crippen LogP) is 0.116. The molecule has 0 aromatic rings. The molecule has 0 saturated carbocycles. The molecule has 0 fully saturated rings. The van der Waals surface area contributed by atoms with E-state index in [9.17, 15) is 23.9 Å². The first kappa shape index (κ1) is 47.4. The maximum Gasteiger partial charge on any atom is 1.00 e. The van der Waals surface area contributed by atoms with E-state index in [1.807, 2.05) is 0 Å². The van der Waals surface area contributed by atoms with Crippen LogP contribution in [0.4, 0.5) is 0 Å². The van der Waals surface area contributed by atoms with Crippen molar-refractivity contribution in [1.29, 1.82) is 0 Å². The summed E-state index contributed by atoms with van der Waals surface area (Å²) in [7, 11) is -5.12. The van der Waals surface area contributed by atoms with Gasteiger partial charge in [0.2, 0.25) is 0 Å². The number of rotatable bonds is 32. The van der Waals surface area contributed by atoms with Gasteiger partial charge in [-0.2, -0.15) is 0 Å². The molecule has 0 heterocycles. The summed E-state index contributed by atoms with van der Waals surface area (Å²) in [6.07, 6.45) is 23.9. The monoisotopic (exact) mass is 637 g/mol. The standard InChI is InChI=1S/C30H60NO8P.2Na/c1-2-3-4-5-6-7-11-14-17-20-23-30(33)39-29(27-38-40(34,35)36)26-31-24-21-18-15-12-9-8-10-13-16-19-22-25-37-28-32;;/h28-29,31H,2-27H2,1H3,(H2,34,35,36);;/q;2*+1/p-2/t29-;;/m0../s1. The Bertz CT molecular complexity index is 628. The van der Waals surface area contributed by atoms with Gasteiger partial charge in [-0.15, -0.1) is 0 Å². The van der Waals surface area contributed by atoms with E-state index in [-0.39, 0.29) is 78.0 Å². The van der Waals surface area contributed by atoms with Crippen molar-refractivity contribution < 1.29 is 97.1 Å². The summed E-state index contributed by atoms with van der Waals surface area (Å²) in [4.78, 5) is 44.1. The van der Waals surface area contributed by atoms with Crippen LogP contribution in [0, 0.1) is 0 Å². The van der Waals surface area contributed by atoms with Crippen LogP contribution >= 0.6 is 7.82 Å². The predicted molar refractivity (Wildman–Crippen MR) is 156 cm³/mol. The number of carbonyl (C=O) groups is 2. The number of esters is 1. The molecule has 0 aliphatic rings. The van der Waals surface area contributed by atoms with E-state index in [0.717, 1.165) is 51.5 Å². The molecule has 0 rings (SSSR count). The van der Waals surface area contributed by atoms with Crippen LogP contribution in [0.15, 0.2) is 0 Å². The van der Waals surface area contributed by atoms with Crippen LogP contribution < -0.4 is 74.2 Å². The normalized spacial score (nSPS) is 11.8. The van der Waals surface area contributed by atoms with Crippen LogP contribution in [-0.4, -0.2) is 44.8 Å². The van der Waals surface area contributed by atoms with Gasteiger partial charge in [0.25, 0.3) is 6.47 Å². The molecule has 0 radical (unpaired) electrons. The molecule has 0 unspecified atom stereocenters. The Morgan fingerprint density at radius 1 is 0.738 bits per heavy atom. The average molecular weight is 638 g/mol. The summed E-state index contributed by atoms with van der Waals surface area (Å²) in [5, 5.41) is 3.20. The van der Waals surface area contributed by atoms with E-state index < -0.39 is 20.5 Å². The molecular formula is C30H58NNa2O8P. The fraction of sp³-hybridized carbons (Fsp3) is 0.933. The van der Waals surface area contributed by atoms with Crippen LogP contribution in [0.25, 0.3) is 0 Å². The molecule has 238 valence electrons. The molecule has 0 bridgehead atoms. The SMILES string of the molecule is CCCCCCCCCCCCC(=O)O[C@@H](CNCCCCCCCCCCCCCOC=O)COP(=O)([O-])[O-].[Na+].[Na+]. The minimum atomic E-state index is -5.12. The van der Waals surface area contributed by atoms with Gasteiger partial charge >= 0.3 is 65.1 Å². The number of carbonyl (C=O) groups excluding carboxylic acids is 2. The summed E-state index contributed by atoms with van der Waals surface area (Å²) < 4.78 is 25.4. The number of nitrogens with one attached hydrogen (secondary N) is 1. The number of phosphoric acid groups is 1. The molecule has 0 saturated heterocycles. The molecular weight excluding hydrogens is 579 g/mol. The smallest absolute Gasteiger partial charge is 0.790 e. The van der Waals surface area contributed by atoms with Gasteiger partial charge in [-0.1, -0.05) is 122 Å². The molecule has 12 heteroatoms. The minimum absolute atomic E-state index is 0. The molecule has 0 aliphatic heterocycles. The van der Waals surface area contributed by atoms with Gasteiger partial charge in [-0.05, 0) is 25.8 Å². The largest absolute Gasteiger partial charge is 1.00 e. The Labute approximate surface area is 301 Å². The van der Waals surface area contributed by atoms with E-state index in [4.69, 9.17) is 4.74 Å². The number of unbranched alkanes of at least 4 members (excludes halogenated alkanes) is 19. The van der Waals surface area contributed by atoms with Crippen molar-refractivity contribution in [3.8, 4) is 0 Å². The van der Waals surface area contributed by atoms with E-state index in [0.29, 0.717) is 13.1 Å². The van der Waals surface area contributed by atoms with Gasteiger partial charge in [0.05, 0.1) is 21.0 Å². The van der Waals surface area contributed by atoms with E-state index in [1.165, 1.54) is 89.9 Å². The molecule has 0 spiro atoms. The Hall–Kier alpha value is 1.01. The Balaban J connectivity index is -0.00000760. The fourth-order valence-corrected chi connectivity index (χ4v) is 5.00. The van der Waals surface area contributed by atoms with Crippen LogP contribution in [0.1, 0.15) is 148 Å². The molecule has 0 aromatic heterocycles. The summed E-state index contributed by atoms with van der Waals surface area (Å²) >= 11 is 0. The molecule has 1 atom stereocenters. The molecule has 0 amide bonds. The van der Waals surface area contributed by atoms with Gasteiger partial charge in [0, 0.05) is 13.0 Å². The van der Waals surface area contributed by atoms with Crippen molar-refractivity contribution in [2.45, 2.75) is 154 Å². The topological polar surface area (TPSA) is 137 Å². The quantitative estimate of drug-likeness (QED) is 0.0359. The number of ether oxygens (including phenoxy) is 2. The second-order valence-corrected chi connectivity index (χ2v) is 12.0. The van der Waals surface area contributed by atoms with Crippen molar-refractivity contribution in [3.05, 3.63) is 0 Å².